The molecular formula is C11H8ClNO3. The summed E-state index contributed by atoms with van der Waals surface area (Å²) in [5, 5.41) is 20.1. The molecule has 0 fully saturated rings. The second kappa shape index (κ2) is 3.57. The van der Waals surface area contributed by atoms with Crippen LogP contribution in [-0.4, -0.2) is 16.2 Å². The summed E-state index contributed by atoms with van der Waals surface area (Å²) in [5.74, 6) is -1.65. The minimum absolute atomic E-state index is 0.0477. The van der Waals surface area contributed by atoms with Gasteiger partial charge in [0.2, 0.25) is 0 Å². The van der Waals surface area contributed by atoms with Gasteiger partial charge in [0.25, 0.3) is 0 Å². The van der Waals surface area contributed by atoms with Crippen LogP contribution in [0.2, 0.25) is 5.02 Å². The van der Waals surface area contributed by atoms with Gasteiger partial charge in [-0.1, -0.05) is 17.7 Å². The number of hydrogen-bond donors (Lipinski definition) is 3. The summed E-state index contributed by atoms with van der Waals surface area (Å²) in [6.07, 6.45) is 0. The van der Waals surface area contributed by atoms with Crippen LogP contribution in [0.25, 0.3) is 10.8 Å². The van der Waals surface area contributed by atoms with E-state index in [-0.39, 0.29) is 11.3 Å². The van der Waals surface area contributed by atoms with E-state index < -0.39 is 11.7 Å². The zero-order chi connectivity index (χ0) is 11.9. The van der Waals surface area contributed by atoms with Gasteiger partial charge < -0.3 is 15.9 Å². The van der Waals surface area contributed by atoms with Gasteiger partial charge in [-0.2, -0.15) is 0 Å². The van der Waals surface area contributed by atoms with Crippen molar-refractivity contribution in [2.45, 2.75) is 0 Å². The molecule has 0 bridgehead atoms. The first-order chi connectivity index (χ1) is 7.50. The van der Waals surface area contributed by atoms with Gasteiger partial charge in [-0.3, -0.25) is 0 Å². The number of halogens is 1. The van der Waals surface area contributed by atoms with Crippen LogP contribution in [0.5, 0.6) is 5.75 Å². The van der Waals surface area contributed by atoms with Crippen LogP contribution in [0, 0.1) is 0 Å². The van der Waals surface area contributed by atoms with E-state index in [1.165, 1.54) is 6.07 Å². The van der Waals surface area contributed by atoms with E-state index in [4.69, 9.17) is 22.4 Å². The first-order valence-corrected chi connectivity index (χ1v) is 4.82. The quantitative estimate of drug-likeness (QED) is 0.526. The van der Waals surface area contributed by atoms with Gasteiger partial charge in [0.15, 0.2) is 5.75 Å². The largest absolute Gasteiger partial charge is 0.505 e. The summed E-state index contributed by atoms with van der Waals surface area (Å²) in [5.41, 5.74) is 5.47. The summed E-state index contributed by atoms with van der Waals surface area (Å²) < 4.78 is 0. The van der Waals surface area contributed by atoms with Crippen molar-refractivity contribution in [3.05, 3.63) is 34.9 Å². The molecule has 0 amide bonds. The lowest BCUT2D eigenvalue weighted by Crippen LogP contribution is -2.00. The lowest BCUT2D eigenvalue weighted by atomic mass is 10.0. The Balaban J connectivity index is 2.88. The van der Waals surface area contributed by atoms with Gasteiger partial charge in [0.05, 0.1) is 5.69 Å². The number of aromatic carboxylic acids is 1. The van der Waals surface area contributed by atoms with E-state index in [9.17, 15) is 9.90 Å². The number of fused-ring (bicyclic) bond motifs is 1. The van der Waals surface area contributed by atoms with Crippen molar-refractivity contribution in [2.75, 3.05) is 5.73 Å². The highest BCUT2D eigenvalue weighted by Gasteiger charge is 2.15. The molecule has 0 saturated carbocycles. The number of phenols is 1. The normalized spacial score (nSPS) is 10.6. The highest BCUT2D eigenvalue weighted by molar-refractivity contribution is 6.31. The van der Waals surface area contributed by atoms with E-state index in [1.54, 1.807) is 18.2 Å². The molecule has 4 nitrogen and oxygen atoms in total. The molecule has 0 atom stereocenters. The Hall–Kier alpha value is -1.94. The number of rotatable bonds is 1. The first-order valence-electron chi connectivity index (χ1n) is 4.44. The monoisotopic (exact) mass is 237 g/mol. The number of nitrogen functional groups attached to an aromatic ring is 1. The fourth-order valence-corrected chi connectivity index (χ4v) is 1.74. The number of anilines is 1. The smallest absolute Gasteiger partial charge is 0.339 e. The van der Waals surface area contributed by atoms with Crippen molar-refractivity contribution in [3.63, 3.8) is 0 Å². The molecule has 0 unspecified atom stereocenters. The molecule has 82 valence electrons. The maximum atomic E-state index is 10.9. The second-order valence-corrected chi connectivity index (χ2v) is 3.79. The number of carbonyl (C=O) groups is 1. The third-order valence-corrected chi connectivity index (χ3v) is 2.58. The molecule has 5 heteroatoms. The molecule has 0 aliphatic carbocycles. The van der Waals surface area contributed by atoms with Crippen molar-refractivity contribution in [1.82, 2.24) is 0 Å². The predicted octanol–water partition coefficient (Wildman–Crippen LogP) is 2.48. The predicted molar refractivity (Wildman–Crippen MR) is 62.0 cm³/mol. The second-order valence-electron chi connectivity index (χ2n) is 3.36. The Morgan fingerprint density at radius 2 is 2.00 bits per heavy atom. The molecule has 16 heavy (non-hydrogen) atoms. The topological polar surface area (TPSA) is 83.5 Å². The third-order valence-electron chi connectivity index (χ3n) is 2.34. The number of hydrogen-bond acceptors (Lipinski definition) is 3. The number of benzene rings is 2. The van der Waals surface area contributed by atoms with Crippen molar-refractivity contribution in [2.24, 2.45) is 0 Å². The molecule has 0 aliphatic rings. The Kier molecular flexibility index (Phi) is 2.36. The Labute approximate surface area is 95.9 Å². The number of nitrogens with two attached hydrogens (primary N) is 1. The summed E-state index contributed by atoms with van der Waals surface area (Å²) in [6, 6.07) is 6.20. The van der Waals surface area contributed by atoms with Crippen LogP contribution < -0.4 is 5.73 Å². The van der Waals surface area contributed by atoms with E-state index in [2.05, 4.69) is 0 Å². The van der Waals surface area contributed by atoms with Gasteiger partial charge in [0.1, 0.15) is 5.56 Å². The van der Waals surface area contributed by atoms with Gasteiger partial charge in [0, 0.05) is 10.4 Å². The van der Waals surface area contributed by atoms with Crippen LogP contribution in [0.3, 0.4) is 0 Å². The van der Waals surface area contributed by atoms with E-state index in [0.29, 0.717) is 15.8 Å². The molecule has 0 aliphatic heterocycles. The van der Waals surface area contributed by atoms with E-state index in [0.717, 1.165) is 0 Å². The summed E-state index contributed by atoms with van der Waals surface area (Å²) in [6.45, 7) is 0. The minimum atomic E-state index is -1.23. The summed E-state index contributed by atoms with van der Waals surface area (Å²) in [4.78, 5) is 10.9. The lowest BCUT2D eigenvalue weighted by Gasteiger charge is -2.08. The molecule has 0 aromatic heterocycles. The molecule has 2 aromatic rings. The van der Waals surface area contributed by atoms with Gasteiger partial charge >= 0.3 is 5.97 Å². The van der Waals surface area contributed by atoms with Crippen LogP contribution in [0.15, 0.2) is 24.3 Å². The van der Waals surface area contributed by atoms with Gasteiger partial charge in [-0.25, -0.2) is 4.79 Å². The van der Waals surface area contributed by atoms with Crippen LogP contribution >= 0.6 is 11.6 Å². The van der Waals surface area contributed by atoms with Crippen molar-refractivity contribution < 1.29 is 15.0 Å². The maximum Gasteiger partial charge on any atom is 0.339 e. The highest BCUT2D eigenvalue weighted by Crippen LogP contribution is 2.34. The average molecular weight is 238 g/mol. The lowest BCUT2D eigenvalue weighted by molar-refractivity contribution is 0.0694. The van der Waals surface area contributed by atoms with Crippen LogP contribution in [-0.2, 0) is 0 Å². The number of carboxylic acids is 1. The highest BCUT2D eigenvalue weighted by atomic mass is 35.5. The molecule has 4 N–H and O–H groups in total. The molecule has 0 saturated heterocycles. The fourth-order valence-electron chi connectivity index (χ4n) is 1.56. The first kappa shape index (κ1) is 10.6. The van der Waals surface area contributed by atoms with Crippen LogP contribution in [0.4, 0.5) is 5.69 Å². The standard InChI is InChI=1S/C11H8ClNO3/c12-6-1-2-7-5(3-6)4-8(11(15)16)10(14)9(7)13/h1-4,14H,13H2,(H,15,16). The van der Waals surface area contributed by atoms with E-state index >= 15 is 0 Å². The molecular weight excluding hydrogens is 230 g/mol. The summed E-state index contributed by atoms with van der Waals surface area (Å²) in [7, 11) is 0. The SMILES string of the molecule is Nc1c(O)c(C(=O)O)cc2cc(Cl)ccc12. The number of carboxylic acid groups (broad SMARTS) is 1. The van der Waals surface area contributed by atoms with Gasteiger partial charge in [-0.05, 0) is 23.6 Å². The van der Waals surface area contributed by atoms with E-state index in [1.807, 2.05) is 0 Å². The van der Waals surface area contributed by atoms with Crippen molar-refractivity contribution in [3.8, 4) is 5.75 Å². The molecule has 2 aromatic carbocycles. The fraction of sp³-hybridized carbons (Fsp3) is 0. The van der Waals surface area contributed by atoms with Crippen molar-refractivity contribution >= 4 is 34.0 Å². The van der Waals surface area contributed by atoms with Crippen molar-refractivity contribution in [1.29, 1.82) is 0 Å². The minimum Gasteiger partial charge on any atom is -0.505 e. The molecule has 0 spiro atoms. The van der Waals surface area contributed by atoms with Gasteiger partial charge in [-0.15, -0.1) is 0 Å². The van der Waals surface area contributed by atoms with Crippen LogP contribution in [0.1, 0.15) is 10.4 Å². The molecule has 0 radical (unpaired) electrons. The zero-order valence-electron chi connectivity index (χ0n) is 8.07. The zero-order valence-corrected chi connectivity index (χ0v) is 8.82. The Bertz CT molecular complexity index is 595. The Morgan fingerprint density at radius 1 is 1.31 bits per heavy atom. The molecule has 2 rings (SSSR count). The summed E-state index contributed by atoms with van der Waals surface area (Å²) >= 11 is 5.79. The third kappa shape index (κ3) is 1.53. The number of aromatic hydroxyl groups is 1. The Morgan fingerprint density at radius 3 is 2.62 bits per heavy atom. The maximum absolute atomic E-state index is 10.9. The molecule has 0 heterocycles. The average Bonchev–Trinajstić information content (AvgIpc) is 2.22.